The fraction of sp³-hybridized carbons (Fsp3) is 0.0800. The number of para-hydroxylation sites is 1. The monoisotopic (exact) mass is 407 g/mol. The lowest BCUT2D eigenvalue weighted by molar-refractivity contribution is 0.483. The van der Waals surface area contributed by atoms with Crippen LogP contribution in [0.1, 0.15) is 5.56 Å². The van der Waals surface area contributed by atoms with Gasteiger partial charge in [0.2, 0.25) is 0 Å². The number of anilines is 1. The number of aromatic nitrogens is 4. The fourth-order valence-corrected chi connectivity index (χ4v) is 3.57. The fourth-order valence-electron chi connectivity index (χ4n) is 3.57. The zero-order valence-electron chi connectivity index (χ0n) is 16.8. The molecule has 0 unspecified atom stereocenters. The topological polar surface area (TPSA) is 78.8 Å². The second-order valence-corrected chi connectivity index (χ2v) is 7.20. The molecule has 31 heavy (non-hydrogen) atoms. The molecule has 0 amide bonds. The normalized spacial score (nSPS) is 11.0. The van der Waals surface area contributed by atoms with Gasteiger partial charge < -0.3 is 10.5 Å². The van der Waals surface area contributed by atoms with E-state index in [4.69, 9.17) is 15.6 Å². The summed E-state index contributed by atoms with van der Waals surface area (Å²) in [5.74, 6) is 1.98. The van der Waals surface area contributed by atoms with Crippen LogP contribution in [0.3, 0.4) is 0 Å². The highest BCUT2D eigenvalue weighted by Crippen LogP contribution is 2.32. The third-order valence-electron chi connectivity index (χ3n) is 5.12. The molecule has 0 saturated carbocycles. The van der Waals surface area contributed by atoms with Crippen molar-refractivity contribution in [2.75, 3.05) is 5.73 Å². The van der Waals surface area contributed by atoms with Crippen molar-refractivity contribution in [1.29, 1.82) is 0 Å². The van der Waals surface area contributed by atoms with Gasteiger partial charge in [-0.2, -0.15) is 5.10 Å². The van der Waals surface area contributed by atoms with Gasteiger partial charge in [0, 0.05) is 12.1 Å². The molecule has 0 spiro atoms. The van der Waals surface area contributed by atoms with E-state index in [1.165, 1.54) is 11.9 Å². The standard InChI is InChI=1S/C25H21N5O/c26-24-22-23(19-11-13-21(14-12-19)31-20-9-5-2-6-10-20)29-30(25(22)28-17-27-24)16-15-18-7-3-1-4-8-18/h1-14,17H,15-16H2,(H2,26,27,28). The van der Waals surface area contributed by atoms with E-state index in [2.05, 4.69) is 22.1 Å². The Bertz CT molecular complexity index is 1300. The van der Waals surface area contributed by atoms with Crippen LogP contribution in [-0.4, -0.2) is 19.7 Å². The van der Waals surface area contributed by atoms with Crippen LogP contribution in [0.25, 0.3) is 22.3 Å². The molecule has 6 heteroatoms. The summed E-state index contributed by atoms with van der Waals surface area (Å²) in [5, 5.41) is 5.61. The van der Waals surface area contributed by atoms with Crippen LogP contribution in [0, 0.1) is 0 Å². The largest absolute Gasteiger partial charge is 0.457 e. The molecule has 0 radical (unpaired) electrons. The molecule has 0 fully saturated rings. The molecular formula is C25H21N5O. The van der Waals surface area contributed by atoms with Gasteiger partial charge in [0.05, 0.1) is 5.39 Å². The van der Waals surface area contributed by atoms with Crippen molar-refractivity contribution in [3.8, 4) is 22.8 Å². The third kappa shape index (κ3) is 3.96. The molecular weight excluding hydrogens is 386 g/mol. The van der Waals surface area contributed by atoms with E-state index in [1.54, 1.807) is 0 Å². The van der Waals surface area contributed by atoms with Gasteiger partial charge in [0.25, 0.3) is 0 Å². The molecule has 5 rings (SSSR count). The number of fused-ring (bicyclic) bond motifs is 1. The van der Waals surface area contributed by atoms with Crippen molar-refractivity contribution in [1.82, 2.24) is 19.7 Å². The molecule has 0 aliphatic heterocycles. The molecule has 0 aliphatic carbocycles. The summed E-state index contributed by atoms with van der Waals surface area (Å²) in [4.78, 5) is 8.65. The van der Waals surface area contributed by atoms with Gasteiger partial charge in [-0.15, -0.1) is 0 Å². The summed E-state index contributed by atoms with van der Waals surface area (Å²) in [6.07, 6.45) is 2.34. The number of aryl methyl sites for hydroxylation is 2. The van der Waals surface area contributed by atoms with Gasteiger partial charge >= 0.3 is 0 Å². The lowest BCUT2D eigenvalue weighted by Crippen LogP contribution is -2.04. The molecule has 2 aromatic heterocycles. The van der Waals surface area contributed by atoms with Crippen molar-refractivity contribution in [3.05, 3.63) is 96.8 Å². The molecule has 0 aliphatic rings. The van der Waals surface area contributed by atoms with E-state index in [9.17, 15) is 0 Å². The Morgan fingerprint density at radius 1 is 0.774 bits per heavy atom. The number of nitrogens with zero attached hydrogens (tertiary/aromatic N) is 4. The number of rotatable bonds is 6. The van der Waals surface area contributed by atoms with Crippen LogP contribution in [0.15, 0.2) is 91.3 Å². The van der Waals surface area contributed by atoms with E-state index in [1.807, 2.05) is 77.5 Å². The van der Waals surface area contributed by atoms with E-state index in [0.717, 1.165) is 40.2 Å². The van der Waals surface area contributed by atoms with Crippen molar-refractivity contribution in [3.63, 3.8) is 0 Å². The van der Waals surface area contributed by atoms with Gasteiger partial charge in [-0.05, 0) is 48.4 Å². The Labute approximate surface area is 180 Å². The highest BCUT2D eigenvalue weighted by atomic mass is 16.5. The van der Waals surface area contributed by atoms with E-state index in [-0.39, 0.29) is 0 Å². The van der Waals surface area contributed by atoms with Crippen LogP contribution >= 0.6 is 0 Å². The smallest absolute Gasteiger partial charge is 0.163 e. The van der Waals surface area contributed by atoms with E-state index < -0.39 is 0 Å². The van der Waals surface area contributed by atoms with Gasteiger partial charge in [-0.3, -0.25) is 0 Å². The number of nitrogen functional groups attached to an aromatic ring is 1. The molecule has 5 aromatic rings. The quantitative estimate of drug-likeness (QED) is 0.423. The Morgan fingerprint density at radius 3 is 2.19 bits per heavy atom. The Morgan fingerprint density at radius 2 is 1.45 bits per heavy atom. The van der Waals surface area contributed by atoms with Gasteiger partial charge in [0.1, 0.15) is 29.3 Å². The summed E-state index contributed by atoms with van der Waals surface area (Å²) in [5.41, 5.74) is 9.91. The predicted octanol–water partition coefficient (Wildman–Crippen LogP) is 5.11. The highest BCUT2D eigenvalue weighted by molar-refractivity contribution is 5.98. The second kappa shape index (κ2) is 8.28. The molecule has 152 valence electrons. The van der Waals surface area contributed by atoms with Gasteiger partial charge in [-0.25, -0.2) is 14.6 Å². The number of benzene rings is 3. The molecule has 2 N–H and O–H groups in total. The van der Waals surface area contributed by atoms with E-state index in [0.29, 0.717) is 12.4 Å². The summed E-state index contributed by atoms with van der Waals surface area (Å²) in [7, 11) is 0. The SMILES string of the molecule is Nc1ncnc2c1c(-c1ccc(Oc3ccccc3)cc1)nn2CCc1ccccc1. The van der Waals surface area contributed by atoms with Crippen LogP contribution < -0.4 is 10.5 Å². The molecule has 3 aromatic carbocycles. The summed E-state index contributed by atoms with van der Waals surface area (Å²) < 4.78 is 7.81. The van der Waals surface area contributed by atoms with Gasteiger partial charge in [0.15, 0.2) is 5.65 Å². The van der Waals surface area contributed by atoms with Crippen molar-refractivity contribution >= 4 is 16.9 Å². The number of hydrogen-bond acceptors (Lipinski definition) is 5. The number of ether oxygens (including phenoxy) is 1. The molecule has 2 heterocycles. The minimum Gasteiger partial charge on any atom is -0.457 e. The minimum atomic E-state index is 0.426. The summed E-state index contributed by atoms with van der Waals surface area (Å²) in [6.45, 7) is 0.701. The summed E-state index contributed by atoms with van der Waals surface area (Å²) >= 11 is 0. The van der Waals surface area contributed by atoms with Crippen molar-refractivity contribution in [2.24, 2.45) is 0 Å². The average Bonchev–Trinajstić information content (AvgIpc) is 3.20. The maximum Gasteiger partial charge on any atom is 0.163 e. The maximum absolute atomic E-state index is 6.22. The Hall–Kier alpha value is -4.19. The van der Waals surface area contributed by atoms with Gasteiger partial charge in [-0.1, -0.05) is 48.5 Å². The maximum atomic E-state index is 6.22. The number of hydrogen-bond donors (Lipinski definition) is 1. The first-order valence-corrected chi connectivity index (χ1v) is 10.1. The third-order valence-corrected chi connectivity index (χ3v) is 5.12. The van der Waals surface area contributed by atoms with Crippen molar-refractivity contribution < 1.29 is 4.74 Å². The average molecular weight is 407 g/mol. The molecule has 0 saturated heterocycles. The van der Waals surface area contributed by atoms with Crippen LogP contribution in [-0.2, 0) is 13.0 Å². The molecule has 0 bridgehead atoms. The molecule has 0 atom stereocenters. The zero-order valence-corrected chi connectivity index (χ0v) is 16.8. The Kier molecular flexibility index (Phi) is 5.02. The Balaban J connectivity index is 1.46. The first-order chi connectivity index (χ1) is 15.3. The first kappa shape index (κ1) is 18.8. The number of nitrogens with two attached hydrogens (primary N) is 1. The zero-order chi connectivity index (χ0) is 21.0. The summed E-state index contributed by atoms with van der Waals surface area (Å²) in [6, 6.07) is 27.8. The lowest BCUT2D eigenvalue weighted by atomic mass is 10.1. The minimum absolute atomic E-state index is 0.426. The predicted molar refractivity (Wildman–Crippen MR) is 122 cm³/mol. The lowest BCUT2D eigenvalue weighted by Gasteiger charge is -2.06. The highest BCUT2D eigenvalue weighted by Gasteiger charge is 2.17. The van der Waals surface area contributed by atoms with Crippen LogP contribution in [0.4, 0.5) is 5.82 Å². The second-order valence-electron chi connectivity index (χ2n) is 7.20. The molecule has 6 nitrogen and oxygen atoms in total. The van der Waals surface area contributed by atoms with Crippen LogP contribution in [0.5, 0.6) is 11.5 Å². The van der Waals surface area contributed by atoms with Crippen molar-refractivity contribution in [2.45, 2.75) is 13.0 Å². The van der Waals surface area contributed by atoms with E-state index >= 15 is 0 Å². The van der Waals surface area contributed by atoms with Crippen LogP contribution in [0.2, 0.25) is 0 Å². The first-order valence-electron chi connectivity index (χ1n) is 10.1.